The van der Waals surface area contributed by atoms with E-state index in [0.717, 1.165) is 18.8 Å². The Morgan fingerprint density at radius 2 is 1.88 bits per heavy atom. The Kier molecular flexibility index (Phi) is 9.32. The second-order valence-electron chi connectivity index (χ2n) is 7.40. The summed E-state index contributed by atoms with van der Waals surface area (Å²) in [7, 11) is 0. The monoisotopic (exact) mass is 356 g/mol. The summed E-state index contributed by atoms with van der Waals surface area (Å²) in [6.07, 6.45) is 15.5. The molecule has 0 bridgehead atoms. The summed E-state index contributed by atoms with van der Waals surface area (Å²) in [6, 6.07) is 4.93. The summed E-state index contributed by atoms with van der Waals surface area (Å²) >= 11 is 0. The predicted octanol–water partition coefficient (Wildman–Crippen LogP) is 6.91. The number of allylic oxidation sites excluding steroid dienone is 2. The van der Waals surface area contributed by atoms with Crippen LogP contribution in [0.5, 0.6) is 5.75 Å². The lowest BCUT2D eigenvalue weighted by Gasteiger charge is -2.26. The number of benzene rings is 1. The van der Waals surface area contributed by atoms with Gasteiger partial charge in [-0.3, -0.25) is 0 Å². The zero-order valence-electron chi connectivity index (χ0n) is 16.4. The van der Waals surface area contributed by atoms with E-state index in [1.165, 1.54) is 51.0 Å². The molecule has 0 saturated heterocycles. The minimum Gasteiger partial charge on any atom is -0.493 e. The lowest BCUT2D eigenvalue weighted by atomic mass is 9.80. The Morgan fingerprint density at radius 1 is 1.12 bits per heavy atom. The highest BCUT2D eigenvalue weighted by Gasteiger charge is 2.18. The minimum atomic E-state index is -0.309. The van der Waals surface area contributed by atoms with Crippen LogP contribution < -0.4 is 4.74 Å². The first-order valence-corrected chi connectivity index (χ1v) is 10.3. The van der Waals surface area contributed by atoms with Gasteiger partial charge in [-0.25, -0.2) is 4.39 Å². The van der Waals surface area contributed by atoms with E-state index < -0.39 is 0 Å². The molecule has 0 aliphatic heterocycles. The number of ether oxygens (including phenoxy) is 1. The van der Waals surface area contributed by atoms with Crippen LogP contribution in [0.15, 0.2) is 30.4 Å². The van der Waals surface area contributed by atoms with E-state index in [1.807, 2.05) is 6.08 Å². The Morgan fingerprint density at radius 3 is 2.58 bits per heavy atom. The van der Waals surface area contributed by atoms with Crippen LogP contribution in [0.1, 0.15) is 77.2 Å². The zero-order chi connectivity index (χ0) is 18.6. The smallest absolute Gasteiger partial charge is 0.142 e. The van der Waals surface area contributed by atoms with E-state index in [-0.39, 0.29) is 5.82 Å². The van der Waals surface area contributed by atoms with Crippen LogP contribution in [0.25, 0.3) is 0 Å². The molecule has 0 amide bonds. The Bertz CT molecular complexity index is 615. The normalized spacial score (nSPS) is 20.0. The second kappa shape index (κ2) is 11.8. The highest BCUT2D eigenvalue weighted by atomic mass is 19.1. The molecule has 1 aromatic carbocycles. The fourth-order valence-electron chi connectivity index (χ4n) is 3.49. The van der Waals surface area contributed by atoms with Crippen molar-refractivity contribution < 1.29 is 9.13 Å². The molecular weight excluding hydrogens is 323 g/mol. The molecule has 0 aromatic heterocycles. The van der Waals surface area contributed by atoms with Crippen LogP contribution in [0.2, 0.25) is 0 Å². The standard InChI is InChI=1S/C24H33FO/c1-3-5-9-20-12-14-21(15-13-20)10-7-8-11-22-16-17-23(19-24(22)25)26-18-6-4-2/h7,10,16-17,19-21H,3-6,9,12-15,18H2,1-2H3/b10-7+. The second-order valence-corrected chi connectivity index (χ2v) is 7.40. The fraction of sp³-hybridized carbons (Fsp3) is 0.583. The first kappa shape index (κ1) is 20.6. The van der Waals surface area contributed by atoms with E-state index in [0.29, 0.717) is 23.8 Å². The van der Waals surface area contributed by atoms with Gasteiger partial charge < -0.3 is 4.74 Å². The van der Waals surface area contributed by atoms with Crippen molar-refractivity contribution in [3.05, 3.63) is 41.7 Å². The summed E-state index contributed by atoms with van der Waals surface area (Å²) in [4.78, 5) is 0. The van der Waals surface area contributed by atoms with Crippen LogP contribution >= 0.6 is 0 Å². The molecule has 2 heteroatoms. The zero-order valence-corrected chi connectivity index (χ0v) is 16.4. The lowest BCUT2D eigenvalue weighted by Crippen LogP contribution is -2.12. The molecule has 1 nitrogen and oxygen atoms in total. The molecule has 0 radical (unpaired) electrons. The van der Waals surface area contributed by atoms with Crippen molar-refractivity contribution in [3.63, 3.8) is 0 Å². The lowest BCUT2D eigenvalue weighted by molar-refractivity contribution is 0.291. The van der Waals surface area contributed by atoms with Crippen molar-refractivity contribution in [2.75, 3.05) is 6.61 Å². The van der Waals surface area contributed by atoms with Gasteiger partial charge in [-0.2, -0.15) is 0 Å². The quantitative estimate of drug-likeness (QED) is 0.363. The van der Waals surface area contributed by atoms with Crippen molar-refractivity contribution >= 4 is 0 Å². The largest absolute Gasteiger partial charge is 0.493 e. The maximum absolute atomic E-state index is 14.1. The highest BCUT2D eigenvalue weighted by Crippen LogP contribution is 2.32. The molecule has 1 saturated carbocycles. The number of hydrogen-bond donors (Lipinski definition) is 0. The summed E-state index contributed by atoms with van der Waals surface area (Å²) in [5, 5.41) is 0. The van der Waals surface area contributed by atoms with Gasteiger partial charge >= 0.3 is 0 Å². The van der Waals surface area contributed by atoms with Gasteiger partial charge in [-0.05, 0) is 62.1 Å². The topological polar surface area (TPSA) is 9.23 Å². The summed E-state index contributed by atoms with van der Waals surface area (Å²) < 4.78 is 19.6. The summed E-state index contributed by atoms with van der Waals surface area (Å²) in [5.41, 5.74) is 0.431. The number of unbranched alkanes of at least 4 members (excludes halogenated alkanes) is 2. The van der Waals surface area contributed by atoms with Crippen LogP contribution in [0.4, 0.5) is 4.39 Å². The van der Waals surface area contributed by atoms with Crippen molar-refractivity contribution in [2.24, 2.45) is 11.8 Å². The molecule has 1 aliphatic carbocycles. The Hall–Kier alpha value is -1.75. The van der Waals surface area contributed by atoms with Crippen LogP contribution in [-0.2, 0) is 0 Å². The van der Waals surface area contributed by atoms with Gasteiger partial charge in [-0.15, -0.1) is 0 Å². The van der Waals surface area contributed by atoms with E-state index >= 15 is 0 Å². The maximum Gasteiger partial charge on any atom is 0.142 e. The summed E-state index contributed by atoms with van der Waals surface area (Å²) in [5.74, 6) is 7.75. The van der Waals surface area contributed by atoms with Crippen LogP contribution in [0.3, 0.4) is 0 Å². The van der Waals surface area contributed by atoms with Gasteiger partial charge in [0, 0.05) is 6.07 Å². The maximum atomic E-state index is 14.1. The van der Waals surface area contributed by atoms with E-state index in [2.05, 4.69) is 31.8 Å². The van der Waals surface area contributed by atoms with E-state index in [1.54, 1.807) is 12.1 Å². The molecule has 2 rings (SSSR count). The van der Waals surface area contributed by atoms with Gasteiger partial charge in [0.25, 0.3) is 0 Å². The molecular formula is C24H33FO. The number of halogens is 1. The third-order valence-corrected chi connectivity index (χ3v) is 5.22. The molecule has 0 N–H and O–H groups in total. The van der Waals surface area contributed by atoms with Crippen molar-refractivity contribution in [1.82, 2.24) is 0 Å². The van der Waals surface area contributed by atoms with Gasteiger partial charge in [0.15, 0.2) is 0 Å². The molecule has 142 valence electrons. The average molecular weight is 357 g/mol. The Labute approximate surface area is 159 Å². The van der Waals surface area contributed by atoms with Gasteiger partial charge in [0.05, 0.1) is 12.2 Å². The van der Waals surface area contributed by atoms with Crippen molar-refractivity contribution in [2.45, 2.75) is 71.6 Å². The van der Waals surface area contributed by atoms with Gasteiger partial charge in [-0.1, -0.05) is 57.4 Å². The first-order valence-electron chi connectivity index (χ1n) is 10.3. The molecule has 0 unspecified atom stereocenters. The SMILES string of the molecule is CCCCOc1ccc(C#C/C=C/C2CCC(CCCC)CC2)c(F)c1. The van der Waals surface area contributed by atoms with Crippen molar-refractivity contribution in [3.8, 4) is 17.6 Å². The highest BCUT2D eigenvalue weighted by molar-refractivity contribution is 5.41. The van der Waals surface area contributed by atoms with Crippen LogP contribution in [-0.4, -0.2) is 6.61 Å². The van der Waals surface area contributed by atoms with Gasteiger partial charge in [0.1, 0.15) is 11.6 Å². The molecule has 1 aliphatic rings. The van der Waals surface area contributed by atoms with E-state index in [9.17, 15) is 4.39 Å². The van der Waals surface area contributed by atoms with E-state index in [4.69, 9.17) is 4.74 Å². The number of hydrogen-bond acceptors (Lipinski definition) is 1. The Balaban J connectivity index is 1.79. The molecule has 1 fully saturated rings. The minimum absolute atomic E-state index is 0.309. The first-order chi connectivity index (χ1) is 12.7. The molecule has 0 spiro atoms. The molecule has 26 heavy (non-hydrogen) atoms. The fourth-order valence-corrected chi connectivity index (χ4v) is 3.49. The molecule has 0 heterocycles. The third kappa shape index (κ3) is 7.24. The molecule has 0 atom stereocenters. The predicted molar refractivity (Wildman–Crippen MR) is 108 cm³/mol. The third-order valence-electron chi connectivity index (χ3n) is 5.22. The summed E-state index contributed by atoms with van der Waals surface area (Å²) in [6.45, 7) is 5.00. The van der Waals surface area contributed by atoms with Crippen LogP contribution in [0, 0.1) is 29.5 Å². The van der Waals surface area contributed by atoms with Gasteiger partial charge in [0.2, 0.25) is 0 Å². The van der Waals surface area contributed by atoms with Crippen molar-refractivity contribution in [1.29, 1.82) is 0 Å². The number of rotatable bonds is 8. The average Bonchev–Trinajstić information content (AvgIpc) is 2.66. The molecule has 1 aromatic rings.